The fourth-order valence-corrected chi connectivity index (χ4v) is 1.50. The van der Waals surface area contributed by atoms with Gasteiger partial charge in [-0.05, 0) is 27.7 Å². The first kappa shape index (κ1) is 13.9. The van der Waals surface area contributed by atoms with Crippen molar-refractivity contribution < 1.29 is 24.5 Å². The highest BCUT2D eigenvalue weighted by atomic mass is 16.5. The standard InChI is InChI=1S/C10H18N2O5/c1-9(2,7(13)14)11-5-17-6-12(11)10(3,4)8(15)16/h5-6H2,1-4H3,(H,13,14)(H,15,16). The van der Waals surface area contributed by atoms with Crippen LogP contribution < -0.4 is 0 Å². The van der Waals surface area contributed by atoms with Crippen molar-refractivity contribution in [2.75, 3.05) is 13.5 Å². The maximum atomic E-state index is 11.2. The quantitative estimate of drug-likeness (QED) is 0.731. The number of hydrogen-bond acceptors (Lipinski definition) is 5. The van der Waals surface area contributed by atoms with Crippen molar-refractivity contribution in [1.82, 2.24) is 10.0 Å². The molecule has 1 saturated heterocycles. The monoisotopic (exact) mass is 246 g/mol. The third-order valence-corrected chi connectivity index (χ3v) is 3.06. The van der Waals surface area contributed by atoms with Gasteiger partial charge >= 0.3 is 11.9 Å². The normalized spacial score (nSPS) is 19.5. The number of ether oxygens (including phenoxy) is 1. The van der Waals surface area contributed by atoms with Crippen molar-refractivity contribution in [3.8, 4) is 0 Å². The summed E-state index contributed by atoms with van der Waals surface area (Å²) in [5.74, 6) is -2.07. The highest BCUT2D eigenvalue weighted by Gasteiger charge is 2.49. The predicted octanol–water partition coefficient (Wildman–Crippen LogP) is 0.177. The van der Waals surface area contributed by atoms with Crippen LogP contribution in [0.25, 0.3) is 0 Å². The molecule has 1 heterocycles. The molecule has 0 aromatic carbocycles. The molecule has 1 aliphatic heterocycles. The zero-order chi connectivity index (χ0) is 13.4. The van der Waals surface area contributed by atoms with E-state index in [1.165, 1.54) is 37.7 Å². The van der Waals surface area contributed by atoms with Crippen LogP contribution in [-0.2, 0) is 14.3 Å². The Balaban J connectivity index is 3.03. The Morgan fingerprint density at radius 2 is 1.24 bits per heavy atom. The lowest BCUT2D eigenvalue weighted by Crippen LogP contribution is -2.62. The van der Waals surface area contributed by atoms with E-state index in [-0.39, 0.29) is 13.5 Å². The highest BCUT2D eigenvalue weighted by molar-refractivity contribution is 5.79. The van der Waals surface area contributed by atoms with Gasteiger partial charge in [0.1, 0.15) is 24.5 Å². The van der Waals surface area contributed by atoms with Gasteiger partial charge in [0.25, 0.3) is 0 Å². The van der Waals surface area contributed by atoms with E-state index < -0.39 is 23.0 Å². The molecule has 0 spiro atoms. The lowest BCUT2D eigenvalue weighted by molar-refractivity contribution is -0.181. The average molecular weight is 246 g/mol. The van der Waals surface area contributed by atoms with Gasteiger partial charge in [-0.3, -0.25) is 9.59 Å². The summed E-state index contributed by atoms with van der Waals surface area (Å²) < 4.78 is 5.17. The summed E-state index contributed by atoms with van der Waals surface area (Å²) in [6, 6.07) is 0. The van der Waals surface area contributed by atoms with Gasteiger partial charge in [0.05, 0.1) is 0 Å². The summed E-state index contributed by atoms with van der Waals surface area (Å²) >= 11 is 0. The molecule has 7 nitrogen and oxygen atoms in total. The van der Waals surface area contributed by atoms with Crippen molar-refractivity contribution >= 4 is 11.9 Å². The molecule has 0 bridgehead atoms. The van der Waals surface area contributed by atoms with E-state index in [1.807, 2.05) is 0 Å². The van der Waals surface area contributed by atoms with Gasteiger partial charge in [-0.2, -0.15) is 10.0 Å². The van der Waals surface area contributed by atoms with Crippen LogP contribution in [0.2, 0.25) is 0 Å². The van der Waals surface area contributed by atoms with Crippen molar-refractivity contribution in [2.24, 2.45) is 0 Å². The Bertz CT molecular complexity index is 308. The Morgan fingerprint density at radius 1 is 0.941 bits per heavy atom. The van der Waals surface area contributed by atoms with Crippen molar-refractivity contribution in [2.45, 2.75) is 38.8 Å². The smallest absolute Gasteiger partial charge is 0.325 e. The van der Waals surface area contributed by atoms with E-state index in [2.05, 4.69) is 0 Å². The molecule has 0 unspecified atom stereocenters. The SMILES string of the molecule is CC(C)(C(=O)O)N1COCN1C(C)(C)C(=O)O. The number of hydrazine groups is 1. The summed E-state index contributed by atoms with van der Waals surface area (Å²) in [5, 5.41) is 21.1. The largest absolute Gasteiger partial charge is 0.480 e. The maximum Gasteiger partial charge on any atom is 0.325 e. The van der Waals surface area contributed by atoms with Crippen molar-refractivity contribution in [3.63, 3.8) is 0 Å². The number of nitrogens with zero attached hydrogens (tertiary/aromatic N) is 2. The summed E-state index contributed by atoms with van der Waals surface area (Å²) in [5.41, 5.74) is -2.44. The van der Waals surface area contributed by atoms with E-state index in [0.717, 1.165) is 0 Å². The Morgan fingerprint density at radius 3 is 1.47 bits per heavy atom. The molecule has 7 heteroatoms. The molecular weight excluding hydrogens is 228 g/mol. The first-order chi connectivity index (χ1) is 7.61. The summed E-state index contributed by atoms with van der Waals surface area (Å²) in [6.45, 7) is 6.17. The van der Waals surface area contributed by atoms with E-state index in [1.54, 1.807) is 0 Å². The van der Waals surface area contributed by atoms with Gasteiger partial charge in [-0.1, -0.05) is 0 Å². The van der Waals surface area contributed by atoms with Gasteiger partial charge in [0.15, 0.2) is 0 Å². The van der Waals surface area contributed by atoms with Gasteiger partial charge in [-0.15, -0.1) is 0 Å². The van der Waals surface area contributed by atoms with Gasteiger partial charge in [0.2, 0.25) is 0 Å². The first-order valence-corrected chi connectivity index (χ1v) is 5.21. The fourth-order valence-electron chi connectivity index (χ4n) is 1.50. The van der Waals surface area contributed by atoms with Crippen LogP contribution in [-0.4, -0.2) is 56.7 Å². The Hall–Kier alpha value is -1.18. The second-order valence-electron chi connectivity index (χ2n) is 4.99. The molecule has 0 aromatic rings. The second kappa shape index (κ2) is 4.25. The molecule has 0 aliphatic carbocycles. The summed E-state index contributed by atoms with van der Waals surface area (Å²) in [7, 11) is 0. The lowest BCUT2D eigenvalue weighted by atomic mass is 10.0. The number of hydrogen-bond donors (Lipinski definition) is 2. The molecule has 98 valence electrons. The van der Waals surface area contributed by atoms with Crippen LogP contribution in [0.3, 0.4) is 0 Å². The number of carbonyl (C=O) groups is 2. The third kappa shape index (κ3) is 2.26. The third-order valence-electron chi connectivity index (χ3n) is 3.06. The minimum atomic E-state index is -1.22. The Labute approximate surface area is 99.5 Å². The van der Waals surface area contributed by atoms with Crippen LogP contribution >= 0.6 is 0 Å². The van der Waals surface area contributed by atoms with Crippen LogP contribution in [0.4, 0.5) is 0 Å². The molecule has 1 rings (SSSR count). The molecule has 0 saturated carbocycles. The molecule has 0 amide bonds. The topological polar surface area (TPSA) is 90.3 Å². The minimum Gasteiger partial charge on any atom is -0.480 e. The van der Waals surface area contributed by atoms with Crippen LogP contribution in [0.5, 0.6) is 0 Å². The summed E-state index contributed by atoms with van der Waals surface area (Å²) in [4.78, 5) is 22.4. The molecule has 2 N–H and O–H groups in total. The van der Waals surface area contributed by atoms with E-state index >= 15 is 0 Å². The molecule has 0 radical (unpaired) electrons. The van der Waals surface area contributed by atoms with Gasteiger partial charge in [0, 0.05) is 0 Å². The summed E-state index contributed by atoms with van der Waals surface area (Å²) in [6.07, 6.45) is 0. The number of carboxylic acid groups (broad SMARTS) is 2. The molecule has 1 aliphatic rings. The number of rotatable bonds is 4. The predicted molar refractivity (Wildman–Crippen MR) is 57.9 cm³/mol. The molecule has 0 aromatic heterocycles. The van der Waals surface area contributed by atoms with Crippen LogP contribution in [0.15, 0.2) is 0 Å². The minimum absolute atomic E-state index is 0.0655. The molecule has 1 fully saturated rings. The fraction of sp³-hybridized carbons (Fsp3) is 0.800. The highest BCUT2D eigenvalue weighted by Crippen LogP contribution is 2.28. The van der Waals surface area contributed by atoms with E-state index in [9.17, 15) is 9.59 Å². The van der Waals surface area contributed by atoms with E-state index in [4.69, 9.17) is 14.9 Å². The Kier molecular flexibility index (Phi) is 3.47. The number of aliphatic carboxylic acids is 2. The zero-order valence-electron chi connectivity index (χ0n) is 10.4. The molecule has 17 heavy (non-hydrogen) atoms. The maximum absolute atomic E-state index is 11.2. The van der Waals surface area contributed by atoms with Crippen LogP contribution in [0.1, 0.15) is 27.7 Å². The van der Waals surface area contributed by atoms with Gasteiger partial charge in [-0.25, -0.2) is 0 Å². The van der Waals surface area contributed by atoms with Crippen LogP contribution in [0, 0.1) is 0 Å². The second-order valence-corrected chi connectivity index (χ2v) is 4.99. The zero-order valence-corrected chi connectivity index (χ0v) is 10.4. The first-order valence-electron chi connectivity index (χ1n) is 5.21. The van der Waals surface area contributed by atoms with Crippen molar-refractivity contribution in [1.29, 1.82) is 0 Å². The van der Waals surface area contributed by atoms with Crippen molar-refractivity contribution in [3.05, 3.63) is 0 Å². The van der Waals surface area contributed by atoms with Gasteiger partial charge < -0.3 is 14.9 Å². The lowest BCUT2D eigenvalue weighted by Gasteiger charge is -2.42. The molecular formula is C10H18N2O5. The van der Waals surface area contributed by atoms with E-state index in [0.29, 0.717) is 0 Å². The average Bonchev–Trinajstić information content (AvgIpc) is 2.66. The number of carboxylic acids is 2. The molecule has 0 atom stereocenters.